The third kappa shape index (κ3) is 2.10. The molecular formula is C11H12N2O2S. The van der Waals surface area contributed by atoms with Crippen molar-refractivity contribution in [2.24, 2.45) is 0 Å². The predicted octanol–water partition coefficient (Wildman–Crippen LogP) is 2.19. The molecule has 0 aliphatic rings. The van der Waals surface area contributed by atoms with Gasteiger partial charge in [0.15, 0.2) is 0 Å². The molecule has 5 heteroatoms. The quantitative estimate of drug-likeness (QED) is 0.802. The second-order valence-electron chi connectivity index (χ2n) is 3.53. The number of nitrogens with zero attached hydrogens (tertiary/aromatic N) is 1. The number of aromatic amines is 1. The molecule has 16 heavy (non-hydrogen) atoms. The van der Waals surface area contributed by atoms with Crippen LogP contribution in [0.5, 0.6) is 0 Å². The number of hydrogen-bond acceptors (Lipinski definition) is 4. The van der Waals surface area contributed by atoms with Gasteiger partial charge in [0.25, 0.3) is 5.56 Å². The van der Waals surface area contributed by atoms with E-state index < -0.39 is 0 Å². The van der Waals surface area contributed by atoms with Crippen molar-refractivity contribution in [3.05, 3.63) is 39.8 Å². The van der Waals surface area contributed by atoms with E-state index in [1.165, 1.54) is 0 Å². The van der Waals surface area contributed by atoms with Crippen LogP contribution in [0.2, 0.25) is 0 Å². The fraction of sp³-hybridized carbons (Fsp3) is 0.273. The van der Waals surface area contributed by atoms with Gasteiger partial charge in [0.1, 0.15) is 0 Å². The monoisotopic (exact) mass is 236 g/mol. The Kier molecular flexibility index (Phi) is 3.26. The molecule has 0 unspecified atom stereocenters. The van der Waals surface area contributed by atoms with Gasteiger partial charge in [-0.05, 0) is 36.2 Å². The van der Waals surface area contributed by atoms with Crippen molar-refractivity contribution in [2.45, 2.75) is 19.1 Å². The first-order valence-electron chi connectivity index (χ1n) is 5.01. The van der Waals surface area contributed by atoms with E-state index in [1.807, 2.05) is 19.1 Å². The Labute approximate surface area is 96.9 Å². The molecular weight excluding hydrogens is 224 g/mol. The van der Waals surface area contributed by atoms with E-state index in [9.17, 15) is 4.79 Å². The van der Waals surface area contributed by atoms with Crippen LogP contribution in [0.25, 0.3) is 11.0 Å². The summed E-state index contributed by atoms with van der Waals surface area (Å²) >= 11 is 0.743. The van der Waals surface area contributed by atoms with E-state index in [0.717, 1.165) is 28.7 Å². The van der Waals surface area contributed by atoms with Crippen molar-refractivity contribution in [3.63, 3.8) is 0 Å². The van der Waals surface area contributed by atoms with Gasteiger partial charge in [-0.2, -0.15) is 0 Å². The molecule has 2 aromatic heterocycles. The molecule has 0 atom stereocenters. The molecule has 2 rings (SSSR count). The first-order chi connectivity index (χ1) is 7.74. The third-order valence-corrected chi connectivity index (χ3v) is 2.90. The van der Waals surface area contributed by atoms with Crippen LogP contribution in [0.15, 0.2) is 23.1 Å². The van der Waals surface area contributed by atoms with E-state index in [2.05, 4.69) is 9.97 Å². The Hall–Kier alpha value is -1.33. The highest BCUT2D eigenvalue weighted by Gasteiger charge is 2.03. The van der Waals surface area contributed by atoms with Gasteiger partial charge < -0.3 is 9.54 Å². The van der Waals surface area contributed by atoms with Crippen molar-refractivity contribution in [2.75, 3.05) is 0 Å². The maximum Gasteiger partial charge on any atom is 0.251 e. The summed E-state index contributed by atoms with van der Waals surface area (Å²) < 4.78 is 8.75. The minimum Gasteiger partial charge on any atom is -0.330 e. The van der Waals surface area contributed by atoms with Crippen LogP contribution < -0.4 is 5.56 Å². The highest BCUT2D eigenvalue weighted by molar-refractivity contribution is 7.92. The SMILES string of the molecule is CCc1cc2ncc(CSO)cc2[nH]c1=O. The van der Waals surface area contributed by atoms with Gasteiger partial charge in [-0.3, -0.25) is 9.78 Å². The smallest absolute Gasteiger partial charge is 0.251 e. The van der Waals surface area contributed by atoms with Crippen LogP contribution in [-0.2, 0) is 12.2 Å². The Morgan fingerprint density at radius 3 is 3.00 bits per heavy atom. The number of nitrogens with one attached hydrogen (secondary N) is 1. The van der Waals surface area contributed by atoms with Crippen LogP contribution in [0.4, 0.5) is 0 Å². The third-order valence-electron chi connectivity index (χ3n) is 2.44. The summed E-state index contributed by atoms with van der Waals surface area (Å²) in [5.74, 6) is 0.473. The van der Waals surface area contributed by atoms with Crippen LogP contribution in [0.1, 0.15) is 18.1 Å². The first-order valence-corrected chi connectivity index (χ1v) is 5.96. The van der Waals surface area contributed by atoms with Gasteiger partial charge in [-0.1, -0.05) is 6.92 Å². The Morgan fingerprint density at radius 1 is 1.50 bits per heavy atom. The molecule has 0 bridgehead atoms. The highest BCUT2D eigenvalue weighted by Crippen LogP contribution is 2.14. The van der Waals surface area contributed by atoms with Gasteiger partial charge in [0.05, 0.1) is 11.0 Å². The standard InChI is InChI=1S/C11H12N2O2S/c1-2-8-4-9-10(13-11(8)14)3-7(5-12-9)6-16-15/h3-5,15H,2,6H2,1H3,(H,13,14). The zero-order valence-electron chi connectivity index (χ0n) is 8.86. The fourth-order valence-corrected chi connectivity index (χ4v) is 1.89. The zero-order chi connectivity index (χ0) is 11.5. The number of aryl methyl sites for hydroxylation is 1. The minimum absolute atomic E-state index is 0.0643. The lowest BCUT2D eigenvalue weighted by Crippen LogP contribution is -2.11. The van der Waals surface area contributed by atoms with Gasteiger partial charge in [-0.15, -0.1) is 0 Å². The molecule has 0 saturated carbocycles. The summed E-state index contributed by atoms with van der Waals surface area (Å²) in [6.45, 7) is 1.94. The van der Waals surface area contributed by atoms with Gasteiger partial charge >= 0.3 is 0 Å². The summed E-state index contributed by atoms with van der Waals surface area (Å²) in [4.78, 5) is 18.6. The van der Waals surface area contributed by atoms with E-state index in [-0.39, 0.29) is 5.56 Å². The average Bonchev–Trinajstić information content (AvgIpc) is 2.28. The average molecular weight is 236 g/mol. The van der Waals surface area contributed by atoms with Crippen LogP contribution in [0, 0.1) is 0 Å². The summed E-state index contributed by atoms with van der Waals surface area (Å²) in [6, 6.07) is 3.65. The topological polar surface area (TPSA) is 66.0 Å². The molecule has 2 N–H and O–H groups in total. The minimum atomic E-state index is -0.0643. The molecule has 2 aromatic rings. The number of hydrogen-bond donors (Lipinski definition) is 2. The first kappa shape index (κ1) is 11.2. The number of pyridine rings is 2. The summed E-state index contributed by atoms with van der Waals surface area (Å²) in [5, 5.41) is 0. The molecule has 84 valence electrons. The van der Waals surface area contributed by atoms with Crippen molar-refractivity contribution in [1.29, 1.82) is 0 Å². The molecule has 0 aliphatic carbocycles. The number of aromatic nitrogens is 2. The lowest BCUT2D eigenvalue weighted by atomic mass is 10.2. The highest BCUT2D eigenvalue weighted by atomic mass is 32.2. The van der Waals surface area contributed by atoms with Crippen molar-refractivity contribution in [1.82, 2.24) is 9.97 Å². The Morgan fingerprint density at radius 2 is 2.31 bits per heavy atom. The Bertz CT molecular complexity index is 565. The molecule has 0 saturated heterocycles. The Balaban J connectivity index is 2.58. The van der Waals surface area contributed by atoms with Crippen molar-refractivity contribution >= 4 is 23.1 Å². The molecule has 0 fully saturated rings. The number of fused-ring (bicyclic) bond motifs is 1. The number of H-pyrrole nitrogens is 1. The van der Waals surface area contributed by atoms with E-state index in [1.54, 1.807) is 6.20 Å². The van der Waals surface area contributed by atoms with Crippen molar-refractivity contribution in [3.8, 4) is 0 Å². The van der Waals surface area contributed by atoms with Gasteiger partial charge in [-0.25, -0.2) is 0 Å². The molecule has 0 amide bonds. The lowest BCUT2D eigenvalue weighted by Gasteiger charge is -2.02. The van der Waals surface area contributed by atoms with E-state index in [4.69, 9.17) is 4.55 Å². The predicted molar refractivity (Wildman–Crippen MR) is 65.7 cm³/mol. The largest absolute Gasteiger partial charge is 0.330 e. The zero-order valence-corrected chi connectivity index (χ0v) is 9.67. The van der Waals surface area contributed by atoms with E-state index >= 15 is 0 Å². The second kappa shape index (κ2) is 4.67. The lowest BCUT2D eigenvalue weighted by molar-refractivity contribution is 0.663. The molecule has 0 radical (unpaired) electrons. The fourth-order valence-electron chi connectivity index (χ4n) is 1.58. The molecule has 0 spiro atoms. The number of rotatable bonds is 3. The van der Waals surface area contributed by atoms with Crippen LogP contribution in [0.3, 0.4) is 0 Å². The summed E-state index contributed by atoms with van der Waals surface area (Å²) in [7, 11) is 0. The normalized spacial score (nSPS) is 10.9. The molecule has 2 heterocycles. The molecule has 0 aromatic carbocycles. The summed E-state index contributed by atoms with van der Waals surface area (Å²) in [6.07, 6.45) is 2.41. The maximum absolute atomic E-state index is 11.6. The molecule has 4 nitrogen and oxygen atoms in total. The second-order valence-corrected chi connectivity index (χ2v) is 4.07. The molecule has 0 aliphatic heterocycles. The van der Waals surface area contributed by atoms with Crippen molar-refractivity contribution < 1.29 is 4.55 Å². The maximum atomic E-state index is 11.6. The van der Waals surface area contributed by atoms with E-state index in [0.29, 0.717) is 17.7 Å². The van der Waals surface area contributed by atoms with Gasteiger partial charge in [0.2, 0.25) is 0 Å². The van der Waals surface area contributed by atoms with Gasteiger partial charge in [0, 0.05) is 17.5 Å². The summed E-state index contributed by atoms with van der Waals surface area (Å²) in [5.41, 5.74) is 3.06. The van der Waals surface area contributed by atoms with Crippen LogP contribution in [-0.4, -0.2) is 14.5 Å². The van der Waals surface area contributed by atoms with Crippen LogP contribution >= 0.6 is 12.0 Å².